The van der Waals surface area contributed by atoms with Crippen molar-refractivity contribution >= 4 is 5.96 Å². The Kier molecular flexibility index (Phi) is 5.97. The van der Waals surface area contributed by atoms with Gasteiger partial charge >= 0.3 is 0 Å². The maximum atomic E-state index is 5.39. The first-order valence-corrected chi connectivity index (χ1v) is 9.13. The summed E-state index contributed by atoms with van der Waals surface area (Å²) < 4.78 is 5.39. The molecule has 2 heterocycles. The van der Waals surface area contributed by atoms with Crippen LogP contribution >= 0.6 is 0 Å². The van der Waals surface area contributed by atoms with Gasteiger partial charge in [0.2, 0.25) is 0 Å². The van der Waals surface area contributed by atoms with Crippen LogP contribution in [0.1, 0.15) is 38.4 Å². The van der Waals surface area contributed by atoms with Crippen molar-refractivity contribution in [1.82, 2.24) is 15.5 Å². The number of nitrogens with zero attached hydrogens (tertiary/aromatic N) is 2. The smallest absolute Gasteiger partial charge is 0.191 e. The molecule has 1 unspecified atom stereocenters. The Morgan fingerprint density at radius 1 is 1.35 bits per heavy atom. The van der Waals surface area contributed by atoms with E-state index in [9.17, 15) is 0 Å². The van der Waals surface area contributed by atoms with Gasteiger partial charge in [-0.05, 0) is 56.8 Å². The minimum Gasteiger partial charge on any atom is -0.469 e. The molecule has 5 nitrogen and oxygen atoms in total. The van der Waals surface area contributed by atoms with Gasteiger partial charge in [-0.1, -0.05) is 6.92 Å². The van der Waals surface area contributed by atoms with E-state index in [2.05, 4.69) is 22.5 Å². The lowest BCUT2D eigenvalue weighted by Gasteiger charge is -2.24. The SMILES string of the molecule is CCN1CCCC1CNC(=NCC1CC1)NCCc1ccco1. The second-order valence-corrected chi connectivity index (χ2v) is 6.69. The van der Waals surface area contributed by atoms with Crippen LogP contribution in [0.4, 0.5) is 0 Å². The average molecular weight is 318 g/mol. The zero-order chi connectivity index (χ0) is 15.9. The summed E-state index contributed by atoms with van der Waals surface area (Å²) >= 11 is 0. The lowest BCUT2D eigenvalue weighted by molar-refractivity contribution is 0.267. The normalized spacial score (nSPS) is 22.5. The van der Waals surface area contributed by atoms with E-state index in [1.54, 1.807) is 6.26 Å². The molecule has 0 spiro atoms. The molecular formula is C18H30N4O. The lowest BCUT2D eigenvalue weighted by atomic mass is 10.2. The number of furan rings is 1. The summed E-state index contributed by atoms with van der Waals surface area (Å²) in [5.74, 6) is 2.80. The first-order chi connectivity index (χ1) is 11.3. The van der Waals surface area contributed by atoms with Gasteiger partial charge in [-0.25, -0.2) is 0 Å². The van der Waals surface area contributed by atoms with Crippen molar-refractivity contribution in [3.8, 4) is 0 Å². The van der Waals surface area contributed by atoms with Gasteiger partial charge in [-0.15, -0.1) is 0 Å². The molecule has 1 aliphatic heterocycles. The van der Waals surface area contributed by atoms with Crippen molar-refractivity contribution in [2.75, 3.05) is 32.7 Å². The largest absolute Gasteiger partial charge is 0.469 e. The summed E-state index contributed by atoms with van der Waals surface area (Å²) in [5.41, 5.74) is 0. The fourth-order valence-corrected chi connectivity index (χ4v) is 3.21. The van der Waals surface area contributed by atoms with Crippen LogP contribution in [0.2, 0.25) is 0 Å². The van der Waals surface area contributed by atoms with Crippen LogP contribution in [0.15, 0.2) is 27.8 Å². The molecule has 2 N–H and O–H groups in total. The molecule has 128 valence electrons. The third-order valence-corrected chi connectivity index (χ3v) is 4.86. The van der Waals surface area contributed by atoms with Crippen molar-refractivity contribution in [2.45, 2.75) is 45.1 Å². The van der Waals surface area contributed by atoms with Gasteiger partial charge < -0.3 is 15.1 Å². The van der Waals surface area contributed by atoms with E-state index < -0.39 is 0 Å². The van der Waals surface area contributed by atoms with Gasteiger partial charge in [0.25, 0.3) is 0 Å². The van der Waals surface area contributed by atoms with Crippen LogP contribution in [-0.2, 0) is 6.42 Å². The Labute approximate surface area is 139 Å². The van der Waals surface area contributed by atoms with Crippen molar-refractivity contribution < 1.29 is 4.42 Å². The first kappa shape index (κ1) is 16.4. The Bertz CT molecular complexity index is 481. The van der Waals surface area contributed by atoms with Crippen molar-refractivity contribution in [1.29, 1.82) is 0 Å². The second kappa shape index (κ2) is 8.39. The van der Waals surface area contributed by atoms with Crippen molar-refractivity contribution in [3.63, 3.8) is 0 Å². The molecule has 0 radical (unpaired) electrons. The number of hydrogen-bond acceptors (Lipinski definition) is 3. The molecule has 1 saturated carbocycles. The van der Waals surface area contributed by atoms with Gasteiger partial charge in [0.1, 0.15) is 5.76 Å². The molecule has 1 atom stereocenters. The molecule has 0 aromatic carbocycles. The van der Waals surface area contributed by atoms with E-state index >= 15 is 0 Å². The summed E-state index contributed by atoms with van der Waals surface area (Å²) in [4.78, 5) is 7.33. The van der Waals surface area contributed by atoms with Crippen molar-refractivity contribution in [2.24, 2.45) is 10.9 Å². The zero-order valence-electron chi connectivity index (χ0n) is 14.3. The summed E-state index contributed by atoms with van der Waals surface area (Å²) in [6.07, 6.45) is 7.92. The molecule has 2 fully saturated rings. The summed E-state index contributed by atoms with van der Waals surface area (Å²) in [5, 5.41) is 7.01. The van der Waals surface area contributed by atoms with Gasteiger partial charge in [0.05, 0.1) is 6.26 Å². The van der Waals surface area contributed by atoms with Crippen LogP contribution in [0.5, 0.6) is 0 Å². The number of aliphatic imine (C=N–C) groups is 1. The molecule has 1 aliphatic carbocycles. The lowest BCUT2D eigenvalue weighted by Crippen LogP contribution is -2.45. The van der Waals surface area contributed by atoms with E-state index in [4.69, 9.17) is 9.41 Å². The fourth-order valence-electron chi connectivity index (χ4n) is 3.21. The minimum atomic E-state index is 0.651. The standard InChI is InChI=1S/C18H30N4O/c1-2-22-11-3-5-16(22)14-21-18(20-13-15-7-8-15)19-10-9-17-6-4-12-23-17/h4,6,12,15-16H,2-3,5,7-11,13-14H2,1H3,(H2,19,20,21). The Morgan fingerprint density at radius 3 is 3.00 bits per heavy atom. The fraction of sp³-hybridized carbons (Fsp3) is 0.722. The van der Waals surface area contributed by atoms with Gasteiger partial charge in [-0.3, -0.25) is 9.89 Å². The van der Waals surface area contributed by atoms with E-state index in [0.29, 0.717) is 6.04 Å². The maximum absolute atomic E-state index is 5.39. The Morgan fingerprint density at radius 2 is 2.26 bits per heavy atom. The predicted molar refractivity (Wildman–Crippen MR) is 93.7 cm³/mol. The number of likely N-dealkylation sites (N-methyl/N-ethyl adjacent to an activating group) is 1. The van der Waals surface area contributed by atoms with Gasteiger partial charge in [0.15, 0.2) is 5.96 Å². The van der Waals surface area contributed by atoms with Crippen LogP contribution in [0.25, 0.3) is 0 Å². The Hall–Kier alpha value is -1.49. The molecule has 3 rings (SSSR count). The molecule has 2 aliphatic rings. The summed E-state index contributed by atoms with van der Waals surface area (Å²) in [6, 6.07) is 4.61. The first-order valence-electron chi connectivity index (χ1n) is 9.13. The molecule has 23 heavy (non-hydrogen) atoms. The second-order valence-electron chi connectivity index (χ2n) is 6.69. The quantitative estimate of drug-likeness (QED) is 0.570. The molecular weight excluding hydrogens is 288 g/mol. The third-order valence-electron chi connectivity index (χ3n) is 4.86. The molecule has 1 saturated heterocycles. The number of nitrogens with one attached hydrogen (secondary N) is 2. The number of hydrogen-bond donors (Lipinski definition) is 2. The topological polar surface area (TPSA) is 52.8 Å². The zero-order valence-corrected chi connectivity index (χ0v) is 14.3. The highest BCUT2D eigenvalue weighted by molar-refractivity contribution is 5.79. The predicted octanol–water partition coefficient (Wildman–Crippen LogP) is 2.25. The Balaban J connectivity index is 1.45. The average Bonchev–Trinajstić information content (AvgIpc) is 3.06. The van der Waals surface area contributed by atoms with Crippen LogP contribution < -0.4 is 10.6 Å². The van der Waals surface area contributed by atoms with Crippen molar-refractivity contribution in [3.05, 3.63) is 24.2 Å². The highest BCUT2D eigenvalue weighted by Crippen LogP contribution is 2.28. The molecule has 0 bridgehead atoms. The van der Waals surface area contributed by atoms with E-state index in [-0.39, 0.29) is 0 Å². The van der Waals surface area contributed by atoms with E-state index in [0.717, 1.165) is 50.2 Å². The minimum absolute atomic E-state index is 0.651. The molecule has 5 heteroatoms. The molecule has 0 amide bonds. The number of likely N-dealkylation sites (tertiary alicyclic amines) is 1. The van der Waals surface area contributed by atoms with Crippen LogP contribution in [0.3, 0.4) is 0 Å². The van der Waals surface area contributed by atoms with Gasteiger partial charge in [0, 0.05) is 32.1 Å². The van der Waals surface area contributed by atoms with E-state index in [1.165, 1.54) is 32.2 Å². The molecule has 1 aromatic heterocycles. The highest BCUT2D eigenvalue weighted by Gasteiger charge is 2.23. The maximum Gasteiger partial charge on any atom is 0.191 e. The third kappa shape index (κ3) is 5.27. The summed E-state index contributed by atoms with van der Waals surface area (Å²) in [6.45, 7) is 7.44. The molecule has 1 aromatic rings. The van der Waals surface area contributed by atoms with Gasteiger partial charge in [-0.2, -0.15) is 0 Å². The monoisotopic (exact) mass is 318 g/mol. The number of rotatable bonds is 8. The highest BCUT2D eigenvalue weighted by atomic mass is 16.3. The van der Waals surface area contributed by atoms with Crippen LogP contribution in [0, 0.1) is 5.92 Å². The summed E-state index contributed by atoms with van der Waals surface area (Å²) in [7, 11) is 0. The van der Waals surface area contributed by atoms with Crippen LogP contribution in [-0.4, -0.2) is 49.6 Å². The number of guanidine groups is 1. The van der Waals surface area contributed by atoms with E-state index in [1.807, 2.05) is 12.1 Å².